The van der Waals surface area contributed by atoms with Crippen molar-refractivity contribution in [3.8, 4) is 5.75 Å². The summed E-state index contributed by atoms with van der Waals surface area (Å²) in [5, 5.41) is 5.91. The highest BCUT2D eigenvalue weighted by Crippen LogP contribution is 2.26. The van der Waals surface area contributed by atoms with Crippen LogP contribution in [0.1, 0.15) is 5.56 Å². The average molecular weight is 392 g/mol. The number of rotatable bonds is 8. The molecular formula is C16H23F3N4O2S. The van der Waals surface area contributed by atoms with Gasteiger partial charge in [0.15, 0.2) is 5.96 Å². The van der Waals surface area contributed by atoms with Crippen molar-refractivity contribution in [3.05, 3.63) is 29.8 Å². The topological polar surface area (TPSA) is 66.0 Å². The molecule has 0 spiro atoms. The molecule has 0 aliphatic heterocycles. The summed E-state index contributed by atoms with van der Waals surface area (Å²) in [6, 6.07) is 5.81. The van der Waals surface area contributed by atoms with Crippen molar-refractivity contribution in [2.24, 2.45) is 4.99 Å². The third-order valence-corrected chi connectivity index (χ3v) is 3.72. The number of alkyl halides is 3. The highest BCUT2D eigenvalue weighted by molar-refractivity contribution is 7.98. The first kappa shape index (κ1) is 21.9. The second kappa shape index (κ2) is 10.8. The zero-order chi connectivity index (χ0) is 19.6. The number of para-hydroxylation sites is 1. The van der Waals surface area contributed by atoms with E-state index < -0.39 is 6.36 Å². The first-order valence-electron chi connectivity index (χ1n) is 7.78. The second-order valence-corrected chi connectivity index (χ2v) is 6.37. The summed E-state index contributed by atoms with van der Waals surface area (Å²) in [6.45, 7) is 0.597. The predicted molar refractivity (Wildman–Crippen MR) is 97.3 cm³/mol. The maximum atomic E-state index is 12.5. The van der Waals surface area contributed by atoms with Gasteiger partial charge in [-0.1, -0.05) is 18.2 Å². The van der Waals surface area contributed by atoms with Crippen molar-refractivity contribution in [1.29, 1.82) is 0 Å². The van der Waals surface area contributed by atoms with Crippen molar-refractivity contribution in [2.75, 3.05) is 39.2 Å². The maximum Gasteiger partial charge on any atom is 0.573 e. The van der Waals surface area contributed by atoms with Crippen LogP contribution in [0.5, 0.6) is 5.75 Å². The Morgan fingerprint density at radius 1 is 1.27 bits per heavy atom. The number of hydrogen-bond donors (Lipinski definition) is 2. The lowest BCUT2D eigenvalue weighted by molar-refractivity contribution is -0.274. The van der Waals surface area contributed by atoms with Crippen LogP contribution in [0.4, 0.5) is 13.2 Å². The summed E-state index contributed by atoms with van der Waals surface area (Å²) in [7, 11) is 3.26. The molecule has 1 aromatic carbocycles. The Morgan fingerprint density at radius 3 is 2.58 bits per heavy atom. The third-order valence-electron chi connectivity index (χ3n) is 3.11. The van der Waals surface area contributed by atoms with Crippen molar-refractivity contribution in [3.63, 3.8) is 0 Å². The number of ether oxygens (including phenoxy) is 1. The van der Waals surface area contributed by atoms with E-state index in [9.17, 15) is 18.0 Å². The van der Waals surface area contributed by atoms with Gasteiger partial charge in [-0.2, -0.15) is 11.8 Å². The van der Waals surface area contributed by atoms with Crippen LogP contribution in [0, 0.1) is 0 Å². The number of hydrogen-bond acceptors (Lipinski definition) is 4. The van der Waals surface area contributed by atoms with Crippen molar-refractivity contribution < 1.29 is 22.7 Å². The SMILES string of the molecule is CSCCNC(=NCc1ccccc1OC(F)(F)F)NCC(=O)N(C)C. The minimum atomic E-state index is -4.77. The van der Waals surface area contributed by atoms with Gasteiger partial charge in [0.25, 0.3) is 0 Å². The Bertz CT molecular complexity index is 609. The van der Waals surface area contributed by atoms with E-state index in [1.54, 1.807) is 31.9 Å². The minimum absolute atomic E-state index is 0.0266. The lowest BCUT2D eigenvalue weighted by Crippen LogP contribution is -2.43. The molecule has 6 nitrogen and oxygen atoms in total. The molecule has 0 atom stereocenters. The van der Waals surface area contributed by atoms with Crippen LogP contribution in [0.2, 0.25) is 0 Å². The fraction of sp³-hybridized carbons (Fsp3) is 0.500. The molecule has 1 rings (SSSR count). The smallest absolute Gasteiger partial charge is 0.405 e. The van der Waals surface area contributed by atoms with E-state index in [4.69, 9.17) is 0 Å². The zero-order valence-electron chi connectivity index (χ0n) is 14.9. The van der Waals surface area contributed by atoms with Crippen LogP contribution in [0.3, 0.4) is 0 Å². The molecule has 1 amide bonds. The van der Waals surface area contributed by atoms with Crippen LogP contribution < -0.4 is 15.4 Å². The average Bonchev–Trinajstić information content (AvgIpc) is 2.56. The van der Waals surface area contributed by atoms with Gasteiger partial charge in [0.05, 0.1) is 13.1 Å². The Kier molecular flexibility index (Phi) is 9.11. The number of halogens is 3. The normalized spacial score (nSPS) is 11.8. The van der Waals surface area contributed by atoms with E-state index in [-0.39, 0.29) is 30.3 Å². The summed E-state index contributed by atoms with van der Waals surface area (Å²) >= 11 is 1.63. The molecule has 0 radical (unpaired) electrons. The molecule has 0 unspecified atom stereocenters. The summed E-state index contributed by atoms with van der Waals surface area (Å²) in [6.07, 6.45) is -2.82. The maximum absolute atomic E-state index is 12.5. The van der Waals surface area contributed by atoms with Crippen molar-refractivity contribution >= 4 is 23.6 Å². The fourth-order valence-electron chi connectivity index (χ4n) is 1.79. The number of guanidine groups is 1. The van der Waals surface area contributed by atoms with Crippen LogP contribution in [0.25, 0.3) is 0 Å². The van der Waals surface area contributed by atoms with E-state index >= 15 is 0 Å². The standard InChI is InChI=1S/C16H23F3N4O2S/c1-23(2)14(24)11-22-15(20-8-9-26-3)21-10-12-6-4-5-7-13(12)25-16(17,18)19/h4-7H,8-11H2,1-3H3,(H2,20,21,22). The van der Waals surface area contributed by atoms with E-state index in [0.717, 1.165) is 5.75 Å². The van der Waals surface area contributed by atoms with Crippen molar-refractivity contribution in [1.82, 2.24) is 15.5 Å². The van der Waals surface area contributed by atoms with Crippen LogP contribution in [-0.2, 0) is 11.3 Å². The minimum Gasteiger partial charge on any atom is -0.405 e. The number of thioether (sulfide) groups is 1. The largest absolute Gasteiger partial charge is 0.573 e. The lowest BCUT2D eigenvalue weighted by Gasteiger charge is -2.15. The zero-order valence-corrected chi connectivity index (χ0v) is 15.7. The van der Waals surface area contributed by atoms with E-state index in [1.807, 2.05) is 6.26 Å². The Labute approximate surface area is 155 Å². The van der Waals surface area contributed by atoms with Gasteiger partial charge in [-0.3, -0.25) is 4.79 Å². The molecule has 0 aliphatic rings. The van der Waals surface area contributed by atoms with Gasteiger partial charge in [-0.15, -0.1) is 13.2 Å². The van der Waals surface area contributed by atoms with Gasteiger partial charge in [0.2, 0.25) is 5.91 Å². The van der Waals surface area contributed by atoms with Gasteiger partial charge in [0, 0.05) is 32.0 Å². The van der Waals surface area contributed by atoms with Gasteiger partial charge in [-0.05, 0) is 12.3 Å². The van der Waals surface area contributed by atoms with E-state index in [2.05, 4.69) is 20.4 Å². The molecule has 0 fully saturated rings. The summed E-state index contributed by atoms with van der Waals surface area (Å²) in [5.41, 5.74) is 0.287. The molecule has 26 heavy (non-hydrogen) atoms. The quantitative estimate of drug-likeness (QED) is 0.403. The van der Waals surface area contributed by atoms with Gasteiger partial charge < -0.3 is 20.3 Å². The van der Waals surface area contributed by atoms with Crippen LogP contribution >= 0.6 is 11.8 Å². The van der Waals surface area contributed by atoms with E-state index in [1.165, 1.54) is 23.1 Å². The molecule has 2 N–H and O–H groups in total. The summed E-state index contributed by atoms with van der Waals surface area (Å²) < 4.78 is 41.5. The molecule has 0 saturated carbocycles. The Balaban J connectivity index is 2.83. The number of amides is 1. The first-order valence-corrected chi connectivity index (χ1v) is 9.17. The monoisotopic (exact) mass is 392 g/mol. The molecule has 1 aromatic rings. The number of aliphatic imine (C=N–C) groups is 1. The Morgan fingerprint density at radius 2 is 1.96 bits per heavy atom. The molecule has 0 saturated heterocycles. The summed E-state index contributed by atoms with van der Waals surface area (Å²) in [4.78, 5) is 17.4. The van der Waals surface area contributed by atoms with E-state index in [0.29, 0.717) is 12.5 Å². The lowest BCUT2D eigenvalue weighted by atomic mass is 10.2. The van der Waals surface area contributed by atoms with Gasteiger partial charge in [0.1, 0.15) is 5.75 Å². The molecule has 0 bridgehead atoms. The second-order valence-electron chi connectivity index (χ2n) is 5.38. The molecule has 146 valence electrons. The molecule has 10 heteroatoms. The number of carbonyl (C=O) groups is 1. The van der Waals surface area contributed by atoms with Crippen LogP contribution in [-0.4, -0.2) is 62.3 Å². The molecular weight excluding hydrogens is 369 g/mol. The molecule has 0 aliphatic carbocycles. The number of nitrogens with zero attached hydrogens (tertiary/aromatic N) is 2. The van der Waals surface area contributed by atoms with Gasteiger partial charge in [-0.25, -0.2) is 4.99 Å². The third kappa shape index (κ3) is 8.84. The Hall–Kier alpha value is -2.10. The molecule has 0 heterocycles. The van der Waals surface area contributed by atoms with Gasteiger partial charge >= 0.3 is 6.36 Å². The van der Waals surface area contributed by atoms with Crippen molar-refractivity contribution in [2.45, 2.75) is 12.9 Å². The van der Waals surface area contributed by atoms with Crippen LogP contribution in [0.15, 0.2) is 29.3 Å². The predicted octanol–water partition coefficient (Wildman–Crippen LogP) is 2.07. The number of likely N-dealkylation sites (N-methyl/N-ethyl adjacent to an activating group) is 1. The number of carbonyl (C=O) groups excluding carboxylic acids is 1. The molecule has 0 aromatic heterocycles. The number of benzene rings is 1. The fourth-order valence-corrected chi connectivity index (χ4v) is 2.09. The summed E-state index contributed by atoms with van der Waals surface area (Å²) in [5.74, 6) is 0.716. The highest BCUT2D eigenvalue weighted by Gasteiger charge is 2.31. The first-order chi connectivity index (χ1) is 12.2. The number of nitrogens with one attached hydrogen (secondary N) is 2. The highest BCUT2D eigenvalue weighted by atomic mass is 32.2.